The Morgan fingerprint density at radius 2 is 1.74 bits per heavy atom. The Morgan fingerprint density at radius 3 is 2.26 bits per heavy atom. The van der Waals surface area contributed by atoms with E-state index < -0.39 is 12.1 Å². The molecule has 2 amide bonds. The van der Waals surface area contributed by atoms with Gasteiger partial charge in [-0.3, -0.25) is 4.79 Å². The van der Waals surface area contributed by atoms with Crippen LogP contribution in [0.25, 0.3) is 0 Å². The van der Waals surface area contributed by atoms with E-state index in [-0.39, 0.29) is 24.5 Å². The number of aliphatic hydroxyl groups excluding tert-OH is 1. The summed E-state index contributed by atoms with van der Waals surface area (Å²) < 4.78 is 5.06. The van der Waals surface area contributed by atoms with Gasteiger partial charge in [0.2, 0.25) is 5.91 Å². The number of amides is 2. The Hall–Kier alpha value is -1.30. The van der Waals surface area contributed by atoms with Gasteiger partial charge in [-0.15, -0.1) is 0 Å². The molecule has 6 nitrogen and oxygen atoms in total. The summed E-state index contributed by atoms with van der Waals surface area (Å²) in [4.78, 5) is 24.2. The number of hydrogen-bond acceptors (Lipinski definition) is 4. The van der Waals surface area contributed by atoms with E-state index in [0.717, 1.165) is 32.1 Å². The van der Waals surface area contributed by atoms with Crippen LogP contribution >= 0.6 is 0 Å². The van der Waals surface area contributed by atoms with Crippen LogP contribution in [0.3, 0.4) is 0 Å². The third kappa shape index (κ3) is 11.0. The fourth-order valence-electron chi connectivity index (χ4n) is 2.16. The number of hydrogen-bond donors (Lipinski definition) is 3. The Balaban J connectivity index is 4.55. The van der Waals surface area contributed by atoms with E-state index in [0.29, 0.717) is 13.0 Å². The van der Waals surface area contributed by atoms with Crippen LogP contribution in [0, 0.1) is 5.92 Å². The van der Waals surface area contributed by atoms with Gasteiger partial charge in [0.25, 0.3) is 0 Å². The first-order chi connectivity index (χ1) is 10.9. The summed E-state index contributed by atoms with van der Waals surface area (Å²) in [5, 5.41) is 14.8. The molecule has 0 unspecified atom stereocenters. The lowest BCUT2D eigenvalue weighted by atomic mass is 10.0. The molecule has 0 saturated heterocycles. The zero-order chi connectivity index (χ0) is 17.7. The minimum atomic E-state index is -0.639. The van der Waals surface area contributed by atoms with Crippen LogP contribution < -0.4 is 10.6 Å². The molecule has 0 spiro atoms. The third-order valence-electron chi connectivity index (χ3n) is 3.52. The summed E-state index contributed by atoms with van der Waals surface area (Å²) in [6.45, 7) is 8.32. The minimum absolute atomic E-state index is 0.0961. The molecule has 6 heteroatoms. The van der Waals surface area contributed by atoms with Crippen molar-refractivity contribution in [3.8, 4) is 0 Å². The van der Waals surface area contributed by atoms with E-state index in [9.17, 15) is 14.7 Å². The van der Waals surface area contributed by atoms with Gasteiger partial charge in [-0.2, -0.15) is 0 Å². The lowest BCUT2D eigenvalue weighted by Crippen LogP contribution is -2.51. The number of carbonyl (C=O) groups excluding carboxylic acids is 2. The van der Waals surface area contributed by atoms with Crippen LogP contribution in [-0.2, 0) is 9.53 Å². The van der Waals surface area contributed by atoms with Gasteiger partial charge in [0.05, 0.1) is 19.3 Å². The zero-order valence-electron chi connectivity index (χ0n) is 15.1. The van der Waals surface area contributed by atoms with E-state index in [1.807, 2.05) is 20.8 Å². The SMILES string of the molecule is CCCCOC(=O)N[C@@H](CC(C)C)C(=O)N[C@H](CO)CCCC. The highest BCUT2D eigenvalue weighted by Gasteiger charge is 2.24. The predicted octanol–water partition coefficient (Wildman–Crippen LogP) is 2.59. The maximum Gasteiger partial charge on any atom is 0.407 e. The monoisotopic (exact) mass is 330 g/mol. The second-order valence-electron chi connectivity index (χ2n) is 6.35. The molecule has 0 aliphatic carbocycles. The largest absolute Gasteiger partial charge is 0.450 e. The van der Waals surface area contributed by atoms with Crippen molar-refractivity contribution in [1.29, 1.82) is 0 Å². The minimum Gasteiger partial charge on any atom is -0.450 e. The van der Waals surface area contributed by atoms with Gasteiger partial charge in [-0.1, -0.05) is 47.0 Å². The lowest BCUT2D eigenvalue weighted by molar-refractivity contribution is -0.124. The molecule has 0 aromatic carbocycles. The van der Waals surface area contributed by atoms with Gasteiger partial charge in [-0.05, 0) is 25.2 Å². The van der Waals surface area contributed by atoms with Gasteiger partial charge < -0.3 is 20.5 Å². The highest BCUT2D eigenvalue weighted by Crippen LogP contribution is 2.07. The molecule has 0 aromatic rings. The van der Waals surface area contributed by atoms with Crippen LogP contribution in [0.5, 0.6) is 0 Å². The first-order valence-electron chi connectivity index (χ1n) is 8.79. The molecule has 0 aromatic heterocycles. The van der Waals surface area contributed by atoms with E-state index in [2.05, 4.69) is 17.6 Å². The Labute approximate surface area is 140 Å². The number of carbonyl (C=O) groups is 2. The number of alkyl carbamates (subject to hydrolysis) is 1. The van der Waals surface area contributed by atoms with Crippen molar-refractivity contribution < 1.29 is 19.4 Å². The van der Waals surface area contributed by atoms with Crippen LogP contribution in [0.15, 0.2) is 0 Å². The van der Waals surface area contributed by atoms with Crippen molar-refractivity contribution in [1.82, 2.24) is 10.6 Å². The summed E-state index contributed by atoms with van der Waals surface area (Å²) in [7, 11) is 0. The summed E-state index contributed by atoms with van der Waals surface area (Å²) in [6, 6.07) is -0.908. The standard InChI is InChI=1S/C17H34N2O4/c1-5-7-9-14(12-20)18-16(21)15(11-13(3)4)19-17(22)23-10-8-6-2/h13-15,20H,5-12H2,1-4H3,(H,18,21)(H,19,22)/t14-,15-/m0/s1. The van der Waals surface area contributed by atoms with E-state index in [1.54, 1.807) is 0 Å². The Kier molecular flexibility index (Phi) is 12.4. The summed E-state index contributed by atoms with van der Waals surface area (Å²) in [5.74, 6) is -0.00814. The van der Waals surface area contributed by atoms with Crippen molar-refractivity contribution in [2.24, 2.45) is 5.92 Å². The lowest BCUT2D eigenvalue weighted by Gasteiger charge is -2.23. The molecular weight excluding hydrogens is 296 g/mol. The normalized spacial score (nSPS) is 13.5. The highest BCUT2D eigenvalue weighted by molar-refractivity contribution is 5.85. The maximum absolute atomic E-state index is 12.4. The fraction of sp³-hybridized carbons (Fsp3) is 0.882. The smallest absolute Gasteiger partial charge is 0.407 e. The average molecular weight is 330 g/mol. The highest BCUT2D eigenvalue weighted by atomic mass is 16.5. The Morgan fingerprint density at radius 1 is 1.09 bits per heavy atom. The number of aliphatic hydroxyl groups is 1. The second-order valence-corrected chi connectivity index (χ2v) is 6.35. The third-order valence-corrected chi connectivity index (χ3v) is 3.52. The number of ether oxygens (including phenoxy) is 1. The average Bonchev–Trinajstić information content (AvgIpc) is 2.50. The first-order valence-corrected chi connectivity index (χ1v) is 8.79. The summed E-state index contributed by atoms with van der Waals surface area (Å²) >= 11 is 0. The number of nitrogens with one attached hydrogen (secondary N) is 2. The summed E-state index contributed by atoms with van der Waals surface area (Å²) in [5.41, 5.74) is 0. The van der Waals surface area contributed by atoms with Crippen LogP contribution in [-0.4, -0.2) is 42.4 Å². The second kappa shape index (κ2) is 13.2. The van der Waals surface area contributed by atoms with Crippen molar-refractivity contribution >= 4 is 12.0 Å². The first kappa shape index (κ1) is 21.7. The van der Waals surface area contributed by atoms with Crippen LogP contribution in [0.2, 0.25) is 0 Å². The molecule has 136 valence electrons. The van der Waals surface area contributed by atoms with Crippen molar-refractivity contribution in [2.75, 3.05) is 13.2 Å². The predicted molar refractivity (Wildman–Crippen MR) is 91.2 cm³/mol. The molecule has 2 atom stereocenters. The maximum atomic E-state index is 12.4. The van der Waals surface area contributed by atoms with Gasteiger partial charge in [0.15, 0.2) is 0 Å². The molecule has 0 aliphatic heterocycles. The molecule has 0 rings (SSSR count). The van der Waals surface area contributed by atoms with Gasteiger partial charge in [0.1, 0.15) is 6.04 Å². The molecular formula is C17H34N2O4. The Bertz CT molecular complexity index is 335. The molecule has 0 radical (unpaired) electrons. The van der Waals surface area contributed by atoms with Crippen molar-refractivity contribution in [3.05, 3.63) is 0 Å². The van der Waals surface area contributed by atoms with E-state index in [4.69, 9.17) is 4.74 Å². The molecule has 0 bridgehead atoms. The molecule has 23 heavy (non-hydrogen) atoms. The molecule has 0 aliphatic rings. The van der Waals surface area contributed by atoms with Gasteiger partial charge >= 0.3 is 6.09 Å². The van der Waals surface area contributed by atoms with E-state index >= 15 is 0 Å². The molecule has 0 fully saturated rings. The van der Waals surface area contributed by atoms with Gasteiger partial charge in [0, 0.05) is 0 Å². The van der Waals surface area contributed by atoms with Gasteiger partial charge in [-0.25, -0.2) is 4.79 Å². The quantitative estimate of drug-likeness (QED) is 0.480. The van der Waals surface area contributed by atoms with Crippen LogP contribution in [0.1, 0.15) is 66.2 Å². The number of unbranched alkanes of at least 4 members (excludes halogenated alkanes) is 2. The zero-order valence-corrected chi connectivity index (χ0v) is 15.1. The fourth-order valence-corrected chi connectivity index (χ4v) is 2.16. The molecule has 0 heterocycles. The molecule has 0 saturated carbocycles. The summed E-state index contributed by atoms with van der Waals surface area (Å²) in [6.07, 6.45) is 4.38. The topological polar surface area (TPSA) is 87.7 Å². The number of rotatable bonds is 12. The van der Waals surface area contributed by atoms with Crippen LogP contribution in [0.4, 0.5) is 4.79 Å². The van der Waals surface area contributed by atoms with Crippen molar-refractivity contribution in [3.63, 3.8) is 0 Å². The van der Waals surface area contributed by atoms with Crippen molar-refractivity contribution in [2.45, 2.75) is 78.3 Å². The van der Waals surface area contributed by atoms with E-state index in [1.165, 1.54) is 0 Å². The molecule has 3 N–H and O–H groups in total.